The van der Waals surface area contributed by atoms with E-state index in [1.165, 1.54) is 76.6 Å². The fourth-order valence-corrected chi connectivity index (χ4v) is 7.93. The Morgan fingerprint density at radius 2 is 1.46 bits per heavy atom. The number of aryl methyl sites for hydroxylation is 1. The third kappa shape index (κ3) is 3.91. The first-order chi connectivity index (χ1) is 20.2. The van der Waals surface area contributed by atoms with Crippen LogP contribution in [0.5, 0.6) is 0 Å². The number of hydrogen-bond acceptors (Lipinski definition) is 1. The molecule has 3 aromatic carbocycles. The Morgan fingerprint density at radius 1 is 0.683 bits per heavy atom. The average molecular weight is 549 g/mol. The van der Waals surface area contributed by atoms with E-state index >= 15 is 0 Å². The number of fused-ring (bicyclic) bond motifs is 9. The van der Waals surface area contributed by atoms with Crippen LogP contribution in [0.15, 0.2) is 97.2 Å². The maximum atomic E-state index is 2.55. The van der Waals surface area contributed by atoms with Crippen LogP contribution in [0.25, 0.3) is 55.9 Å². The molecule has 2 aliphatic heterocycles. The van der Waals surface area contributed by atoms with Crippen molar-refractivity contribution in [2.45, 2.75) is 39.8 Å². The van der Waals surface area contributed by atoms with E-state index in [9.17, 15) is 0 Å². The van der Waals surface area contributed by atoms with Crippen LogP contribution < -0.4 is 9.13 Å². The van der Waals surface area contributed by atoms with E-state index in [2.05, 4.69) is 132 Å². The minimum absolute atomic E-state index is 0.997. The zero-order chi connectivity index (χ0) is 27.5. The molecule has 0 spiro atoms. The second-order valence-electron chi connectivity index (χ2n) is 11.3. The number of benzene rings is 3. The van der Waals surface area contributed by atoms with Gasteiger partial charge in [-0.2, -0.15) is 9.13 Å². The van der Waals surface area contributed by atoms with Crippen molar-refractivity contribution < 1.29 is 9.13 Å². The van der Waals surface area contributed by atoms with Gasteiger partial charge < -0.3 is 0 Å². The fraction of sp³-hybridized carbons (Fsp3) is 0.158. The summed E-state index contributed by atoms with van der Waals surface area (Å²) < 4.78 is 5.03. The minimum atomic E-state index is 0.997. The number of pyridine rings is 2. The molecular formula is C38H32N2S+2. The highest BCUT2D eigenvalue weighted by molar-refractivity contribution is 7.16. The first-order valence-corrected chi connectivity index (χ1v) is 15.4. The summed E-state index contributed by atoms with van der Waals surface area (Å²) in [5.74, 6) is 0. The van der Waals surface area contributed by atoms with Crippen molar-refractivity contribution in [3.8, 4) is 33.0 Å². The molecule has 0 aliphatic carbocycles. The molecule has 0 bridgehead atoms. The van der Waals surface area contributed by atoms with Gasteiger partial charge in [0.05, 0.1) is 16.5 Å². The summed E-state index contributed by atoms with van der Waals surface area (Å²) >= 11 is 1.85. The molecule has 0 saturated heterocycles. The Labute approximate surface area is 245 Å². The van der Waals surface area contributed by atoms with Crippen molar-refractivity contribution in [2.75, 3.05) is 0 Å². The zero-order valence-electron chi connectivity index (χ0n) is 23.5. The lowest BCUT2D eigenvalue weighted by Gasteiger charge is -2.27. The van der Waals surface area contributed by atoms with Gasteiger partial charge >= 0.3 is 0 Å². The van der Waals surface area contributed by atoms with E-state index in [4.69, 9.17) is 0 Å². The molecule has 0 N–H and O–H groups in total. The second kappa shape index (κ2) is 9.64. The van der Waals surface area contributed by atoms with Crippen LogP contribution in [-0.4, -0.2) is 0 Å². The number of aromatic nitrogens is 2. The van der Waals surface area contributed by atoms with Gasteiger partial charge in [-0.05, 0) is 77.4 Å². The summed E-state index contributed by atoms with van der Waals surface area (Å²) in [4.78, 5) is 2.58. The third-order valence-electron chi connectivity index (χ3n) is 9.17. The van der Waals surface area contributed by atoms with Crippen molar-refractivity contribution >= 4 is 34.3 Å². The maximum Gasteiger partial charge on any atom is 0.221 e. The van der Waals surface area contributed by atoms with Crippen LogP contribution in [0.4, 0.5) is 0 Å². The van der Waals surface area contributed by atoms with Crippen LogP contribution in [0, 0.1) is 13.8 Å². The Bertz CT molecular complexity index is 2010. The monoisotopic (exact) mass is 548 g/mol. The van der Waals surface area contributed by atoms with Crippen LogP contribution in [0.2, 0.25) is 0 Å². The highest BCUT2D eigenvalue weighted by atomic mass is 32.1. The van der Waals surface area contributed by atoms with E-state index < -0.39 is 0 Å². The lowest BCUT2D eigenvalue weighted by Crippen LogP contribution is -2.45. The SMILES string of the molecule is Cc1c(C)c2c(c3c1CC[n+]1ccc4ccccc4c1-3)-c1cccc(/C=C/c3ccc(-c4ccccc4)s3)[n+]1CC2. The molecule has 3 aromatic heterocycles. The van der Waals surface area contributed by atoms with Gasteiger partial charge in [0.2, 0.25) is 17.1 Å². The summed E-state index contributed by atoms with van der Waals surface area (Å²) in [5.41, 5.74) is 14.2. The van der Waals surface area contributed by atoms with Gasteiger partial charge in [-0.1, -0.05) is 48.5 Å². The normalized spacial score (nSPS) is 13.6. The minimum Gasteiger partial charge on any atom is -0.197 e. The van der Waals surface area contributed by atoms with Crippen molar-refractivity contribution in [3.05, 3.63) is 130 Å². The molecule has 8 rings (SSSR count). The molecule has 2 nitrogen and oxygen atoms in total. The third-order valence-corrected chi connectivity index (χ3v) is 10.3. The molecule has 0 unspecified atom stereocenters. The van der Waals surface area contributed by atoms with E-state index in [1.807, 2.05) is 11.3 Å². The molecule has 41 heavy (non-hydrogen) atoms. The number of nitrogens with zero attached hydrogens (tertiary/aromatic N) is 2. The van der Waals surface area contributed by atoms with E-state index in [0.29, 0.717) is 0 Å². The van der Waals surface area contributed by atoms with E-state index in [0.717, 1.165) is 25.9 Å². The first kappa shape index (κ1) is 24.5. The Morgan fingerprint density at radius 3 is 2.34 bits per heavy atom. The molecular weight excluding hydrogens is 516 g/mol. The van der Waals surface area contributed by atoms with Crippen molar-refractivity contribution in [2.24, 2.45) is 0 Å². The Kier molecular flexibility index (Phi) is 5.75. The number of thiophene rings is 1. The van der Waals surface area contributed by atoms with Crippen molar-refractivity contribution in [3.63, 3.8) is 0 Å². The molecule has 0 atom stereocenters. The number of hydrogen-bond donors (Lipinski definition) is 0. The zero-order valence-corrected chi connectivity index (χ0v) is 24.3. The summed E-state index contributed by atoms with van der Waals surface area (Å²) in [7, 11) is 0. The summed E-state index contributed by atoms with van der Waals surface area (Å²) in [5, 5.41) is 2.66. The summed E-state index contributed by atoms with van der Waals surface area (Å²) in [6, 6.07) is 33.1. The Balaban J connectivity index is 1.29. The fourth-order valence-electron chi connectivity index (χ4n) is 7.01. The van der Waals surface area contributed by atoms with Gasteiger partial charge in [0.15, 0.2) is 19.3 Å². The van der Waals surface area contributed by atoms with Crippen LogP contribution in [-0.2, 0) is 25.9 Å². The standard InChI is InChI=1S/C38H32N2S/c1-25-26(2)32-20-23-39-22-19-27-9-6-7-13-33(27)38(39)37(32)36-31(25)21-24-40-29(12-8-14-34(36)40)15-16-30-17-18-35(41-30)28-10-4-3-5-11-28/h3-19,22H,20-21,23-24H2,1-2H3/q+2/b16-15+. The predicted octanol–water partition coefficient (Wildman–Crippen LogP) is 8.38. The molecule has 198 valence electrons. The lowest BCUT2D eigenvalue weighted by atomic mass is 9.79. The van der Waals surface area contributed by atoms with Crippen molar-refractivity contribution in [1.29, 1.82) is 0 Å². The predicted molar refractivity (Wildman–Crippen MR) is 171 cm³/mol. The molecule has 5 heterocycles. The molecule has 0 amide bonds. The molecule has 3 heteroatoms. The van der Waals surface area contributed by atoms with Crippen molar-refractivity contribution in [1.82, 2.24) is 0 Å². The molecule has 0 saturated carbocycles. The van der Waals surface area contributed by atoms with Crippen LogP contribution in [0.3, 0.4) is 0 Å². The van der Waals surface area contributed by atoms with E-state index in [1.54, 1.807) is 0 Å². The van der Waals surface area contributed by atoms with Gasteiger partial charge in [-0.3, -0.25) is 0 Å². The smallest absolute Gasteiger partial charge is 0.197 e. The summed E-state index contributed by atoms with van der Waals surface area (Å²) in [6.45, 7) is 6.72. The van der Waals surface area contributed by atoms with Gasteiger partial charge in [0.25, 0.3) is 0 Å². The van der Waals surface area contributed by atoms with Crippen LogP contribution >= 0.6 is 11.3 Å². The molecule has 0 radical (unpaired) electrons. The lowest BCUT2D eigenvalue weighted by molar-refractivity contribution is -0.690. The Hall–Kier alpha value is -4.34. The van der Waals surface area contributed by atoms with Gasteiger partial charge in [-0.25, -0.2) is 0 Å². The topological polar surface area (TPSA) is 7.76 Å². The quantitative estimate of drug-likeness (QED) is 0.196. The molecule has 2 aliphatic rings. The summed E-state index contributed by atoms with van der Waals surface area (Å²) in [6.07, 6.45) is 9.01. The maximum absolute atomic E-state index is 2.55. The van der Waals surface area contributed by atoms with Crippen LogP contribution in [0.1, 0.15) is 32.8 Å². The highest BCUT2D eigenvalue weighted by Crippen LogP contribution is 2.44. The van der Waals surface area contributed by atoms with Gasteiger partial charge in [0.1, 0.15) is 0 Å². The highest BCUT2D eigenvalue weighted by Gasteiger charge is 2.37. The van der Waals surface area contributed by atoms with E-state index in [-0.39, 0.29) is 0 Å². The van der Waals surface area contributed by atoms with Gasteiger partial charge in [0, 0.05) is 46.9 Å². The second-order valence-corrected chi connectivity index (χ2v) is 12.4. The molecule has 6 aromatic rings. The number of rotatable bonds is 3. The van der Waals surface area contributed by atoms with Gasteiger partial charge in [-0.15, -0.1) is 11.3 Å². The average Bonchev–Trinajstić information content (AvgIpc) is 3.51. The first-order valence-electron chi connectivity index (χ1n) is 14.6. The largest absolute Gasteiger partial charge is 0.221 e. The molecule has 0 fully saturated rings.